The van der Waals surface area contributed by atoms with Gasteiger partial charge in [-0.1, -0.05) is 48.9 Å². The highest BCUT2D eigenvalue weighted by molar-refractivity contribution is 6.30. The van der Waals surface area contributed by atoms with Crippen molar-refractivity contribution >= 4 is 39.4 Å². The van der Waals surface area contributed by atoms with Crippen LogP contribution in [0.25, 0.3) is 21.9 Å². The number of hydrogen-bond acceptors (Lipinski definition) is 4. The molecule has 2 aromatic carbocycles. The first-order valence-electron chi connectivity index (χ1n) is 9.00. The van der Waals surface area contributed by atoms with Crippen LogP contribution in [0.2, 0.25) is 5.02 Å². The van der Waals surface area contributed by atoms with E-state index < -0.39 is 0 Å². The molecular weight excluding hydrogens is 360 g/mol. The molecule has 0 aliphatic carbocycles. The summed E-state index contributed by atoms with van der Waals surface area (Å²) in [6.45, 7) is 3.24. The first-order valence-corrected chi connectivity index (χ1v) is 9.38. The Kier molecular flexibility index (Phi) is 4.97. The molecule has 0 radical (unpaired) electrons. The van der Waals surface area contributed by atoms with Crippen molar-refractivity contribution in [3.05, 3.63) is 65.4 Å². The van der Waals surface area contributed by atoms with Gasteiger partial charge in [-0.3, -0.25) is 0 Å². The predicted octanol–water partition coefficient (Wildman–Crippen LogP) is 4.99. The molecule has 0 saturated heterocycles. The van der Waals surface area contributed by atoms with Gasteiger partial charge in [-0.05, 0) is 30.2 Å². The molecule has 0 bridgehead atoms. The van der Waals surface area contributed by atoms with E-state index in [0.717, 1.165) is 38.9 Å². The summed E-state index contributed by atoms with van der Waals surface area (Å²) in [6, 6.07) is 15.9. The molecular formula is C21H21ClN4O. The highest BCUT2D eigenvalue weighted by atomic mass is 35.5. The molecule has 0 spiro atoms. The van der Waals surface area contributed by atoms with Crippen molar-refractivity contribution in [3.63, 3.8) is 0 Å². The molecule has 2 N–H and O–H groups in total. The molecule has 1 atom stereocenters. The van der Waals surface area contributed by atoms with Gasteiger partial charge >= 0.3 is 0 Å². The Labute approximate surface area is 162 Å². The number of nitrogens with two attached hydrogens (primary N) is 1. The minimum Gasteiger partial charge on any atom is -0.382 e. The zero-order valence-corrected chi connectivity index (χ0v) is 15.9. The van der Waals surface area contributed by atoms with Crippen LogP contribution in [0, 0.1) is 0 Å². The molecule has 2 heterocycles. The Balaban J connectivity index is 1.63. The van der Waals surface area contributed by atoms with Crippen LogP contribution in [0.1, 0.15) is 24.9 Å². The largest absolute Gasteiger partial charge is 0.382 e. The lowest BCUT2D eigenvalue weighted by Gasteiger charge is -2.19. The van der Waals surface area contributed by atoms with Gasteiger partial charge in [0, 0.05) is 10.4 Å². The van der Waals surface area contributed by atoms with Gasteiger partial charge in [-0.25, -0.2) is 9.97 Å². The van der Waals surface area contributed by atoms with Gasteiger partial charge in [-0.15, -0.1) is 0 Å². The Morgan fingerprint density at radius 2 is 2.04 bits per heavy atom. The van der Waals surface area contributed by atoms with Crippen molar-refractivity contribution in [1.29, 1.82) is 0 Å². The molecule has 6 heteroatoms. The molecule has 0 saturated carbocycles. The summed E-state index contributed by atoms with van der Waals surface area (Å²) in [4.78, 5) is 8.99. The highest BCUT2D eigenvalue weighted by Crippen LogP contribution is 2.30. The van der Waals surface area contributed by atoms with E-state index in [1.807, 2.05) is 48.8 Å². The number of benzene rings is 2. The summed E-state index contributed by atoms with van der Waals surface area (Å²) in [5.41, 5.74) is 9.82. The molecule has 0 aliphatic heterocycles. The Morgan fingerprint density at radius 3 is 2.85 bits per heavy atom. The third-order valence-corrected chi connectivity index (χ3v) is 5.00. The molecule has 4 rings (SSSR count). The standard InChI is InChI=1S/C21H21ClN4O/c1-2-16(12-27-11-14-6-5-7-15(22)10-14)26-13-24-19-20(26)17-8-3-4-9-18(17)25-21(19)23/h3-10,13,16H,2,11-12H2,1H3,(H2,23,25). The molecule has 2 aromatic heterocycles. The fourth-order valence-corrected chi connectivity index (χ4v) is 3.59. The first-order chi connectivity index (χ1) is 13.2. The monoisotopic (exact) mass is 380 g/mol. The van der Waals surface area contributed by atoms with E-state index in [9.17, 15) is 0 Å². The van der Waals surface area contributed by atoms with Crippen LogP contribution in [-0.2, 0) is 11.3 Å². The van der Waals surface area contributed by atoms with Crippen molar-refractivity contribution in [2.75, 3.05) is 12.3 Å². The van der Waals surface area contributed by atoms with E-state index in [1.54, 1.807) is 0 Å². The molecule has 0 aliphatic rings. The fraction of sp³-hybridized carbons (Fsp3) is 0.238. The molecule has 5 nitrogen and oxygen atoms in total. The number of para-hydroxylation sites is 1. The first kappa shape index (κ1) is 17.8. The van der Waals surface area contributed by atoms with Crippen LogP contribution in [0.15, 0.2) is 54.9 Å². The van der Waals surface area contributed by atoms with Crippen molar-refractivity contribution in [2.24, 2.45) is 0 Å². The van der Waals surface area contributed by atoms with Crippen molar-refractivity contribution in [1.82, 2.24) is 14.5 Å². The van der Waals surface area contributed by atoms with E-state index in [1.165, 1.54) is 0 Å². The van der Waals surface area contributed by atoms with Gasteiger partial charge in [0.15, 0.2) is 5.82 Å². The normalized spacial score (nSPS) is 12.7. The number of fused-ring (bicyclic) bond motifs is 3. The second-order valence-corrected chi connectivity index (χ2v) is 7.01. The topological polar surface area (TPSA) is 66.0 Å². The molecule has 0 amide bonds. The minimum absolute atomic E-state index is 0.152. The predicted molar refractivity (Wildman–Crippen MR) is 110 cm³/mol. The Morgan fingerprint density at radius 1 is 1.19 bits per heavy atom. The van der Waals surface area contributed by atoms with Gasteiger partial charge in [-0.2, -0.15) is 0 Å². The summed E-state index contributed by atoms with van der Waals surface area (Å²) >= 11 is 6.04. The fourth-order valence-electron chi connectivity index (χ4n) is 3.38. The van der Waals surface area contributed by atoms with Crippen LogP contribution in [0.3, 0.4) is 0 Å². The number of imidazole rings is 1. The zero-order chi connectivity index (χ0) is 18.8. The highest BCUT2D eigenvalue weighted by Gasteiger charge is 2.17. The van der Waals surface area contributed by atoms with E-state index >= 15 is 0 Å². The van der Waals surface area contributed by atoms with Gasteiger partial charge in [0.05, 0.1) is 36.6 Å². The number of hydrogen-bond donors (Lipinski definition) is 1. The smallest absolute Gasteiger partial charge is 0.152 e. The van der Waals surface area contributed by atoms with Crippen LogP contribution >= 0.6 is 11.6 Å². The average molecular weight is 381 g/mol. The third-order valence-electron chi connectivity index (χ3n) is 4.77. The van der Waals surface area contributed by atoms with E-state index in [0.29, 0.717) is 19.0 Å². The number of ether oxygens (including phenoxy) is 1. The van der Waals surface area contributed by atoms with Crippen molar-refractivity contribution in [3.8, 4) is 0 Å². The second kappa shape index (κ2) is 7.55. The van der Waals surface area contributed by atoms with Gasteiger partial charge in [0.1, 0.15) is 5.52 Å². The molecule has 0 fully saturated rings. The SMILES string of the molecule is CCC(COCc1cccc(Cl)c1)n1cnc2c(N)nc3ccccc3c21. The number of aromatic nitrogens is 3. The maximum atomic E-state index is 6.14. The Bertz CT molecular complexity index is 1090. The quantitative estimate of drug-likeness (QED) is 0.511. The average Bonchev–Trinajstić information content (AvgIpc) is 3.11. The van der Waals surface area contributed by atoms with Gasteiger partial charge < -0.3 is 15.0 Å². The van der Waals surface area contributed by atoms with Crippen LogP contribution < -0.4 is 5.73 Å². The van der Waals surface area contributed by atoms with Crippen molar-refractivity contribution < 1.29 is 4.74 Å². The number of pyridine rings is 1. The summed E-state index contributed by atoms with van der Waals surface area (Å²) in [6.07, 6.45) is 2.75. The molecule has 1 unspecified atom stereocenters. The lowest BCUT2D eigenvalue weighted by atomic mass is 10.1. The number of anilines is 1. The van der Waals surface area contributed by atoms with E-state index in [4.69, 9.17) is 22.1 Å². The number of nitrogen functional groups attached to an aromatic ring is 1. The minimum atomic E-state index is 0.152. The number of rotatable bonds is 6. The second-order valence-electron chi connectivity index (χ2n) is 6.57. The van der Waals surface area contributed by atoms with Crippen LogP contribution in [0.5, 0.6) is 0 Å². The summed E-state index contributed by atoms with van der Waals surface area (Å²) in [5.74, 6) is 0.456. The Hall–Kier alpha value is -2.63. The molecule has 4 aromatic rings. The number of nitrogens with zero attached hydrogens (tertiary/aromatic N) is 3. The third kappa shape index (κ3) is 3.48. The van der Waals surface area contributed by atoms with Gasteiger partial charge in [0.25, 0.3) is 0 Å². The van der Waals surface area contributed by atoms with Crippen molar-refractivity contribution in [2.45, 2.75) is 26.0 Å². The summed E-state index contributed by atoms with van der Waals surface area (Å²) < 4.78 is 8.15. The van der Waals surface area contributed by atoms with Crippen LogP contribution in [0.4, 0.5) is 5.82 Å². The summed E-state index contributed by atoms with van der Waals surface area (Å²) in [7, 11) is 0. The van der Waals surface area contributed by atoms with Gasteiger partial charge in [0.2, 0.25) is 0 Å². The maximum Gasteiger partial charge on any atom is 0.152 e. The molecule has 138 valence electrons. The number of halogens is 1. The van der Waals surface area contributed by atoms with E-state index in [2.05, 4.69) is 27.5 Å². The zero-order valence-electron chi connectivity index (χ0n) is 15.1. The molecule has 27 heavy (non-hydrogen) atoms. The maximum absolute atomic E-state index is 6.14. The van der Waals surface area contributed by atoms with E-state index in [-0.39, 0.29) is 6.04 Å². The lowest BCUT2D eigenvalue weighted by Crippen LogP contribution is -2.14. The lowest BCUT2D eigenvalue weighted by molar-refractivity contribution is 0.0897. The van der Waals surface area contributed by atoms with Crippen LogP contribution in [-0.4, -0.2) is 21.1 Å². The summed E-state index contributed by atoms with van der Waals surface area (Å²) in [5, 5.41) is 1.77.